The van der Waals surface area contributed by atoms with Gasteiger partial charge in [-0.25, -0.2) is 12.8 Å². The molecule has 0 bridgehead atoms. The Balaban J connectivity index is 2.29. The standard InChI is InChI=1S/C12H7Br2FO3S2/c13-11-5-9(12(14)19-11)10(16)6-20(17,18)8-3-1-2-7(15)4-8/h1-5H,6H2. The van der Waals surface area contributed by atoms with Crippen LogP contribution >= 0.6 is 43.2 Å². The summed E-state index contributed by atoms with van der Waals surface area (Å²) in [5.74, 6) is -1.89. The van der Waals surface area contributed by atoms with Crippen LogP contribution in [0.5, 0.6) is 0 Å². The molecule has 1 heterocycles. The van der Waals surface area contributed by atoms with Crippen molar-refractivity contribution in [3.05, 3.63) is 49.3 Å². The highest BCUT2D eigenvalue weighted by molar-refractivity contribution is 9.12. The lowest BCUT2D eigenvalue weighted by Gasteiger charge is -2.03. The van der Waals surface area contributed by atoms with Crippen molar-refractivity contribution in [3.63, 3.8) is 0 Å². The van der Waals surface area contributed by atoms with Gasteiger partial charge in [-0.2, -0.15) is 0 Å². The van der Waals surface area contributed by atoms with Gasteiger partial charge in [-0.05, 0) is 56.1 Å². The highest BCUT2D eigenvalue weighted by Gasteiger charge is 2.23. The number of benzene rings is 1. The second-order valence-corrected chi connectivity index (χ2v) is 9.62. The Morgan fingerprint density at radius 3 is 2.50 bits per heavy atom. The zero-order chi connectivity index (χ0) is 14.9. The number of ketones is 1. The lowest BCUT2D eigenvalue weighted by atomic mass is 10.2. The first-order chi connectivity index (χ1) is 9.29. The van der Waals surface area contributed by atoms with Crippen LogP contribution in [0.15, 0.2) is 42.8 Å². The van der Waals surface area contributed by atoms with E-state index in [1.54, 1.807) is 6.07 Å². The van der Waals surface area contributed by atoms with Gasteiger partial charge in [0.15, 0.2) is 15.6 Å². The van der Waals surface area contributed by atoms with Gasteiger partial charge in [0.2, 0.25) is 0 Å². The van der Waals surface area contributed by atoms with Crippen molar-refractivity contribution in [1.29, 1.82) is 0 Å². The number of sulfone groups is 1. The van der Waals surface area contributed by atoms with Crippen molar-refractivity contribution in [2.45, 2.75) is 4.90 Å². The fourth-order valence-corrected chi connectivity index (χ4v) is 5.63. The molecule has 0 N–H and O–H groups in total. The Labute approximate surface area is 136 Å². The normalized spacial score (nSPS) is 11.6. The van der Waals surface area contributed by atoms with Gasteiger partial charge >= 0.3 is 0 Å². The highest BCUT2D eigenvalue weighted by Crippen LogP contribution is 2.32. The third kappa shape index (κ3) is 3.55. The zero-order valence-electron chi connectivity index (χ0n) is 9.77. The van der Waals surface area contributed by atoms with Gasteiger partial charge in [0, 0.05) is 5.56 Å². The van der Waals surface area contributed by atoms with Crippen LogP contribution in [0.2, 0.25) is 0 Å². The molecule has 1 aromatic heterocycles. The number of thiophene rings is 1. The van der Waals surface area contributed by atoms with E-state index in [1.165, 1.54) is 23.5 Å². The average molecular weight is 442 g/mol. The fourth-order valence-electron chi connectivity index (χ4n) is 1.52. The number of rotatable bonds is 4. The molecule has 0 amide bonds. The Kier molecular flexibility index (Phi) is 4.78. The molecular formula is C12H7Br2FO3S2. The van der Waals surface area contributed by atoms with Gasteiger partial charge in [0.05, 0.1) is 12.5 Å². The highest BCUT2D eigenvalue weighted by atomic mass is 79.9. The van der Waals surface area contributed by atoms with E-state index in [0.717, 1.165) is 15.9 Å². The summed E-state index contributed by atoms with van der Waals surface area (Å²) in [6, 6.07) is 6.17. The van der Waals surface area contributed by atoms with E-state index in [4.69, 9.17) is 0 Å². The quantitative estimate of drug-likeness (QED) is 0.672. The summed E-state index contributed by atoms with van der Waals surface area (Å²) in [5, 5.41) is 0. The van der Waals surface area contributed by atoms with Crippen LogP contribution in [0.4, 0.5) is 4.39 Å². The molecule has 1 aromatic carbocycles. The van der Waals surface area contributed by atoms with Crippen LogP contribution in [0.25, 0.3) is 0 Å². The largest absolute Gasteiger partial charge is 0.293 e. The molecule has 8 heteroatoms. The van der Waals surface area contributed by atoms with Crippen LogP contribution in [0.1, 0.15) is 10.4 Å². The van der Waals surface area contributed by atoms with Crippen LogP contribution in [0, 0.1) is 5.82 Å². The number of carbonyl (C=O) groups excluding carboxylic acids is 1. The number of hydrogen-bond donors (Lipinski definition) is 0. The first kappa shape index (κ1) is 15.8. The van der Waals surface area contributed by atoms with Crippen molar-refractivity contribution in [2.24, 2.45) is 0 Å². The minimum Gasteiger partial charge on any atom is -0.293 e. The summed E-state index contributed by atoms with van der Waals surface area (Å²) in [5.41, 5.74) is 0.293. The third-order valence-corrected chi connectivity index (χ3v) is 6.39. The van der Waals surface area contributed by atoms with Crippen molar-refractivity contribution in [1.82, 2.24) is 0 Å². The monoisotopic (exact) mass is 440 g/mol. The number of carbonyl (C=O) groups is 1. The first-order valence-electron chi connectivity index (χ1n) is 5.26. The molecule has 0 atom stereocenters. The van der Waals surface area contributed by atoms with Gasteiger partial charge in [0.25, 0.3) is 0 Å². The van der Waals surface area contributed by atoms with E-state index in [9.17, 15) is 17.6 Å². The van der Waals surface area contributed by atoms with E-state index in [-0.39, 0.29) is 4.90 Å². The Hall–Kier alpha value is -0.570. The van der Waals surface area contributed by atoms with Crippen LogP contribution in [-0.2, 0) is 9.84 Å². The Bertz CT molecular complexity index is 769. The molecule has 2 rings (SSSR count). The summed E-state index contributed by atoms with van der Waals surface area (Å²) >= 11 is 7.71. The Morgan fingerprint density at radius 2 is 1.95 bits per heavy atom. The van der Waals surface area contributed by atoms with Crippen LogP contribution in [-0.4, -0.2) is 20.0 Å². The molecule has 20 heavy (non-hydrogen) atoms. The minimum absolute atomic E-state index is 0.198. The topological polar surface area (TPSA) is 51.2 Å². The molecule has 0 aliphatic heterocycles. The maximum atomic E-state index is 13.1. The molecule has 2 aromatic rings. The van der Waals surface area contributed by atoms with Crippen LogP contribution < -0.4 is 0 Å². The van der Waals surface area contributed by atoms with Crippen molar-refractivity contribution >= 4 is 58.8 Å². The maximum absolute atomic E-state index is 13.1. The lowest BCUT2D eigenvalue weighted by Crippen LogP contribution is -2.16. The van der Waals surface area contributed by atoms with Gasteiger partial charge < -0.3 is 0 Å². The second kappa shape index (κ2) is 6.05. The van der Waals surface area contributed by atoms with E-state index in [2.05, 4.69) is 31.9 Å². The van der Waals surface area contributed by atoms with Gasteiger partial charge in [-0.15, -0.1) is 11.3 Å². The lowest BCUT2D eigenvalue weighted by molar-refractivity contribution is 0.102. The maximum Gasteiger partial charge on any atom is 0.185 e. The fraction of sp³-hybridized carbons (Fsp3) is 0.0833. The molecule has 3 nitrogen and oxygen atoms in total. The molecule has 0 fully saturated rings. The number of hydrogen-bond acceptors (Lipinski definition) is 4. The van der Waals surface area contributed by atoms with Crippen molar-refractivity contribution in [2.75, 3.05) is 5.75 Å². The summed E-state index contributed by atoms with van der Waals surface area (Å²) in [6.07, 6.45) is 0. The van der Waals surface area contributed by atoms with Gasteiger partial charge in [-0.1, -0.05) is 6.07 Å². The Morgan fingerprint density at radius 1 is 1.25 bits per heavy atom. The SMILES string of the molecule is O=C(CS(=O)(=O)c1cccc(F)c1)c1cc(Br)sc1Br. The molecule has 0 aliphatic carbocycles. The summed E-state index contributed by atoms with van der Waals surface area (Å²) < 4.78 is 38.5. The molecule has 0 spiro atoms. The molecule has 0 aliphatic rings. The predicted octanol–water partition coefficient (Wildman–Crippen LogP) is 4.07. The van der Waals surface area contributed by atoms with E-state index in [1.807, 2.05) is 0 Å². The second-order valence-electron chi connectivity index (χ2n) is 3.88. The van der Waals surface area contributed by atoms with Gasteiger partial charge in [0.1, 0.15) is 11.6 Å². The van der Waals surface area contributed by atoms with E-state index >= 15 is 0 Å². The summed E-state index contributed by atoms with van der Waals surface area (Å²) in [7, 11) is -3.86. The van der Waals surface area contributed by atoms with Crippen LogP contribution in [0.3, 0.4) is 0 Å². The third-order valence-electron chi connectivity index (χ3n) is 2.43. The molecule has 0 unspecified atom stereocenters. The minimum atomic E-state index is -3.86. The van der Waals surface area contributed by atoms with Crippen molar-refractivity contribution < 1.29 is 17.6 Å². The first-order valence-corrected chi connectivity index (χ1v) is 9.31. The predicted molar refractivity (Wildman–Crippen MR) is 82.5 cm³/mol. The number of Topliss-reactive ketones (excluding diaryl/α,β-unsaturated/α-hetero) is 1. The molecule has 106 valence electrons. The van der Waals surface area contributed by atoms with Crippen molar-refractivity contribution in [3.8, 4) is 0 Å². The molecule has 0 saturated heterocycles. The van der Waals surface area contributed by atoms with E-state index < -0.39 is 27.2 Å². The molecular weight excluding hydrogens is 435 g/mol. The summed E-state index contributed by atoms with van der Waals surface area (Å²) in [4.78, 5) is 11.8. The molecule has 0 saturated carbocycles. The smallest absolute Gasteiger partial charge is 0.185 e. The summed E-state index contributed by atoms with van der Waals surface area (Å²) in [6.45, 7) is 0. The molecule has 0 radical (unpaired) electrons. The average Bonchev–Trinajstić information content (AvgIpc) is 2.68. The van der Waals surface area contributed by atoms with Gasteiger partial charge in [-0.3, -0.25) is 4.79 Å². The van der Waals surface area contributed by atoms with E-state index in [0.29, 0.717) is 9.35 Å². The number of halogens is 3. The zero-order valence-corrected chi connectivity index (χ0v) is 14.6.